The van der Waals surface area contributed by atoms with Gasteiger partial charge in [-0.3, -0.25) is 0 Å². The van der Waals surface area contributed by atoms with Gasteiger partial charge in [0.2, 0.25) is 0 Å². The SMILES string of the molecule is C=C(C)Cc1ccc(C)cc1.CCC1CC1.CCCCCN(CC)Oc1ccc(C#Cc2ccccc2)cc1.C[C-](C)C.C[S-].[Y]. The maximum Gasteiger partial charge on any atom is 0.147 e. The van der Waals surface area contributed by atoms with Crippen molar-refractivity contribution < 1.29 is 37.5 Å². The van der Waals surface area contributed by atoms with Gasteiger partial charge in [0, 0.05) is 56.9 Å². The summed E-state index contributed by atoms with van der Waals surface area (Å²) in [5.74, 6) is 9.76. The van der Waals surface area contributed by atoms with Gasteiger partial charge in [-0.25, -0.2) is 0 Å². The van der Waals surface area contributed by atoms with Crippen LogP contribution in [0.25, 0.3) is 0 Å². The zero-order valence-electron chi connectivity index (χ0n) is 30.5. The second-order valence-corrected chi connectivity index (χ2v) is 11.9. The Hall–Kier alpha value is -1.83. The van der Waals surface area contributed by atoms with E-state index >= 15 is 0 Å². The van der Waals surface area contributed by atoms with E-state index in [9.17, 15) is 0 Å². The molecule has 4 rings (SSSR count). The Bertz CT molecular complexity index is 1170. The zero-order chi connectivity index (χ0) is 33.9. The van der Waals surface area contributed by atoms with Gasteiger partial charge < -0.3 is 23.4 Å². The van der Waals surface area contributed by atoms with Crippen LogP contribution >= 0.6 is 0 Å². The minimum absolute atomic E-state index is 0. The minimum atomic E-state index is 0. The number of rotatable bonds is 10. The Kier molecular flexibility index (Phi) is 30.7. The van der Waals surface area contributed by atoms with E-state index in [0.717, 1.165) is 42.3 Å². The molecule has 3 aromatic carbocycles. The molecule has 1 aliphatic carbocycles. The third-order valence-electron chi connectivity index (χ3n) is 6.48. The van der Waals surface area contributed by atoms with Gasteiger partial charge in [0.15, 0.2) is 0 Å². The fourth-order valence-electron chi connectivity index (χ4n) is 3.80. The summed E-state index contributed by atoms with van der Waals surface area (Å²) >= 11 is 4.08. The van der Waals surface area contributed by atoms with Gasteiger partial charge in [-0.1, -0.05) is 118 Å². The Morgan fingerprint density at radius 3 is 1.78 bits per heavy atom. The molecule has 0 spiro atoms. The summed E-state index contributed by atoms with van der Waals surface area (Å²) in [5.41, 5.74) is 5.91. The molecule has 0 saturated heterocycles. The Labute approximate surface area is 315 Å². The van der Waals surface area contributed by atoms with Gasteiger partial charge in [0.25, 0.3) is 0 Å². The topological polar surface area (TPSA) is 12.5 Å². The van der Waals surface area contributed by atoms with E-state index in [0.29, 0.717) is 0 Å². The van der Waals surface area contributed by atoms with Crippen LogP contribution in [0.2, 0.25) is 0 Å². The maximum atomic E-state index is 5.91. The normalized spacial score (nSPS) is 10.9. The Morgan fingerprint density at radius 2 is 1.37 bits per heavy atom. The summed E-state index contributed by atoms with van der Waals surface area (Å²) in [6.07, 6.45) is 10.7. The van der Waals surface area contributed by atoms with Crippen LogP contribution in [0.5, 0.6) is 5.75 Å². The molecule has 1 radical (unpaired) electrons. The van der Waals surface area contributed by atoms with Crippen LogP contribution in [0.15, 0.2) is 91.0 Å². The molecule has 1 aliphatic rings. The average Bonchev–Trinajstić information content (AvgIpc) is 3.88. The number of benzene rings is 3. The summed E-state index contributed by atoms with van der Waals surface area (Å²) in [6.45, 7) is 22.7. The molecular formula is C42H61NOSY-2. The Balaban J connectivity index is 0. The molecular weight excluding hydrogens is 655 g/mol. The molecule has 0 amide bonds. The van der Waals surface area contributed by atoms with Crippen LogP contribution in [0, 0.1) is 30.6 Å². The molecule has 0 aliphatic heterocycles. The third kappa shape index (κ3) is 27.3. The first-order valence-electron chi connectivity index (χ1n) is 16.6. The third-order valence-corrected chi connectivity index (χ3v) is 6.48. The van der Waals surface area contributed by atoms with Crippen LogP contribution in [0.4, 0.5) is 0 Å². The van der Waals surface area contributed by atoms with Crippen molar-refractivity contribution in [2.75, 3.05) is 19.3 Å². The van der Waals surface area contributed by atoms with Gasteiger partial charge in [-0.05, 0) is 81.5 Å². The van der Waals surface area contributed by atoms with Crippen molar-refractivity contribution in [2.24, 2.45) is 5.92 Å². The first-order valence-corrected chi connectivity index (χ1v) is 17.5. The number of unbranched alkanes of at least 4 members (excludes halogenated alkanes) is 2. The largest absolute Gasteiger partial charge is 0.796 e. The number of nitrogens with zero attached hydrogens (tertiary/aromatic N) is 1. The van der Waals surface area contributed by atoms with Gasteiger partial charge in [0.1, 0.15) is 5.75 Å². The predicted molar refractivity (Wildman–Crippen MR) is 203 cm³/mol. The second kappa shape index (κ2) is 30.5. The van der Waals surface area contributed by atoms with Crippen LogP contribution in [-0.4, -0.2) is 24.4 Å². The van der Waals surface area contributed by atoms with E-state index < -0.39 is 0 Å². The van der Waals surface area contributed by atoms with Crippen molar-refractivity contribution >= 4 is 12.6 Å². The first-order chi connectivity index (χ1) is 21.7. The summed E-state index contributed by atoms with van der Waals surface area (Å²) in [5, 5.41) is 2.01. The van der Waals surface area contributed by atoms with Gasteiger partial charge in [-0.2, -0.15) is 27.0 Å². The molecule has 46 heavy (non-hydrogen) atoms. The van der Waals surface area contributed by atoms with Gasteiger partial charge >= 0.3 is 0 Å². The summed E-state index contributed by atoms with van der Waals surface area (Å²) < 4.78 is 0. The summed E-state index contributed by atoms with van der Waals surface area (Å²) in [6, 6.07) is 26.6. The molecule has 0 atom stereocenters. The maximum absolute atomic E-state index is 5.91. The molecule has 1 fully saturated rings. The minimum Gasteiger partial charge on any atom is -0.796 e. The number of hydrogen-bond acceptors (Lipinski definition) is 3. The number of aryl methyl sites for hydroxylation is 1. The standard InChI is InChI=1S/C21H25NO.C11H14.C5H10.C4H9.CH4S.Y/c1-3-5-9-18-22(4-2)23-21-16-14-20(15-17-21)13-12-19-10-7-6-8-11-19;1-9(2)8-11-6-4-10(3)5-7-11;1-2-5-3-4-5;1-4(2)3;1-2;/h6-8,10-11,14-17H,3-5,9,18H2,1-2H3;4-7H,1,8H2,2-3H3;5H,2-4H2,1H3;1-3H3;2H,1H3;/q;;;-1;;/p-1. The summed E-state index contributed by atoms with van der Waals surface area (Å²) in [7, 11) is 0. The first kappa shape index (κ1) is 46.3. The second-order valence-electron chi connectivity index (χ2n) is 11.9. The van der Waals surface area contributed by atoms with Gasteiger partial charge in [0.05, 0.1) is 0 Å². The van der Waals surface area contributed by atoms with E-state index in [1.54, 1.807) is 6.26 Å². The molecule has 3 aromatic rings. The van der Waals surface area contributed by atoms with Crippen LogP contribution < -0.4 is 4.84 Å². The molecule has 0 unspecified atom stereocenters. The average molecular weight is 717 g/mol. The number of hydrogen-bond donors (Lipinski definition) is 0. The quantitative estimate of drug-likeness (QED) is 0.0518. The number of hydroxylamine groups is 2. The fraction of sp³-hybridized carbons (Fsp3) is 0.452. The van der Waals surface area contributed by atoms with Crippen LogP contribution in [0.3, 0.4) is 0 Å². The van der Waals surface area contributed by atoms with E-state index in [-0.39, 0.29) is 32.7 Å². The molecule has 0 aromatic heterocycles. The van der Waals surface area contributed by atoms with Crippen LogP contribution in [-0.2, 0) is 51.8 Å². The van der Waals surface area contributed by atoms with E-state index in [1.165, 1.54) is 61.1 Å². The van der Waals surface area contributed by atoms with Gasteiger partial charge in [-0.15, -0.1) is 5.06 Å². The molecule has 2 nitrogen and oxygen atoms in total. The molecule has 0 heterocycles. The van der Waals surface area contributed by atoms with E-state index in [4.69, 9.17) is 4.84 Å². The van der Waals surface area contributed by atoms with Crippen LogP contribution in [0.1, 0.15) is 109 Å². The monoisotopic (exact) mass is 716 g/mol. The van der Waals surface area contributed by atoms with Crippen molar-refractivity contribution in [2.45, 2.75) is 100 Å². The smallest absolute Gasteiger partial charge is 0.147 e. The van der Waals surface area contributed by atoms with E-state index in [2.05, 4.69) is 111 Å². The molecule has 1 saturated carbocycles. The van der Waals surface area contributed by atoms with E-state index in [1.807, 2.05) is 59.7 Å². The number of allylic oxidation sites excluding steroid dienone is 1. The Morgan fingerprint density at radius 1 is 0.848 bits per heavy atom. The fourth-order valence-corrected chi connectivity index (χ4v) is 3.80. The van der Waals surface area contributed by atoms with Crippen molar-refractivity contribution in [1.29, 1.82) is 0 Å². The van der Waals surface area contributed by atoms with Crippen molar-refractivity contribution in [3.05, 3.63) is 119 Å². The molecule has 0 N–H and O–H groups in total. The molecule has 4 heteroatoms. The van der Waals surface area contributed by atoms with Crippen molar-refractivity contribution in [3.8, 4) is 17.6 Å². The molecule has 0 bridgehead atoms. The van der Waals surface area contributed by atoms with Crippen molar-refractivity contribution in [3.63, 3.8) is 0 Å². The summed E-state index contributed by atoms with van der Waals surface area (Å²) in [4.78, 5) is 5.91. The predicted octanol–water partition coefficient (Wildman–Crippen LogP) is 11.6. The molecule has 251 valence electrons. The zero-order valence-corrected chi connectivity index (χ0v) is 34.1. The van der Waals surface area contributed by atoms with Crippen molar-refractivity contribution in [1.82, 2.24) is 5.06 Å².